The second kappa shape index (κ2) is 9.85. The summed E-state index contributed by atoms with van der Waals surface area (Å²) in [6, 6.07) is 5.58. The predicted octanol–water partition coefficient (Wildman–Crippen LogP) is 3.93. The Morgan fingerprint density at radius 3 is 3.19 bits per heavy atom. The highest BCUT2D eigenvalue weighted by molar-refractivity contribution is 6.09. The van der Waals surface area contributed by atoms with Crippen LogP contribution in [0.25, 0.3) is 0 Å². The summed E-state index contributed by atoms with van der Waals surface area (Å²) in [6.45, 7) is 8.37. The minimum Gasteiger partial charge on any atom is -0.491 e. The van der Waals surface area contributed by atoms with Gasteiger partial charge in [-0.15, -0.1) is 6.58 Å². The number of nitrogens with zero attached hydrogens (tertiary/aromatic N) is 3. The summed E-state index contributed by atoms with van der Waals surface area (Å²) in [5.74, 6) is 2.80. The molecule has 3 heterocycles. The van der Waals surface area contributed by atoms with Gasteiger partial charge in [0.1, 0.15) is 23.9 Å². The lowest BCUT2D eigenvalue weighted by Gasteiger charge is -2.31. The number of aliphatic hydroxyl groups is 1. The van der Waals surface area contributed by atoms with E-state index in [2.05, 4.69) is 11.6 Å². The highest BCUT2D eigenvalue weighted by Crippen LogP contribution is 2.42. The predicted molar refractivity (Wildman–Crippen MR) is 123 cm³/mol. The van der Waals surface area contributed by atoms with Gasteiger partial charge in [0.2, 0.25) is 1.43 Å². The topological polar surface area (TPSA) is 85.1 Å². The molecule has 0 spiro atoms. The Labute approximate surface area is 193 Å². The van der Waals surface area contributed by atoms with Crippen LogP contribution in [0, 0.1) is 0 Å². The van der Waals surface area contributed by atoms with Crippen molar-refractivity contribution in [1.82, 2.24) is 4.90 Å². The van der Waals surface area contributed by atoms with Crippen molar-refractivity contribution >= 4 is 17.4 Å². The first-order valence-corrected chi connectivity index (χ1v) is 10.8. The Balaban J connectivity index is 1.46. The smallest absolute Gasteiger partial charge is 0.211 e. The van der Waals surface area contributed by atoms with Crippen molar-refractivity contribution in [2.24, 2.45) is 9.98 Å². The van der Waals surface area contributed by atoms with Crippen molar-refractivity contribution in [2.75, 3.05) is 20.3 Å². The lowest BCUT2D eigenvalue weighted by Crippen LogP contribution is -2.39. The maximum Gasteiger partial charge on any atom is 0.211 e. The fourth-order valence-corrected chi connectivity index (χ4v) is 3.85. The van der Waals surface area contributed by atoms with Crippen molar-refractivity contribution in [3.8, 4) is 11.5 Å². The van der Waals surface area contributed by atoms with Gasteiger partial charge in [0, 0.05) is 13.5 Å². The maximum absolute atomic E-state index is 7.36. The van der Waals surface area contributed by atoms with E-state index in [-0.39, 0.29) is 6.61 Å². The Kier molecular flexibility index (Phi) is 5.80. The first kappa shape index (κ1) is 18.8. The van der Waals surface area contributed by atoms with Gasteiger partial charge in [0.15, 0.2) is 23.0 Å². The highest BCUT2D eigenvalue weighted by Gasteiger charge is 2.39. The number of benzene rings is 1. The molecule has 172 valence electrons. The summed E-state index contributed by atoms with van der Waals surface area (Å²) >= 11 is 0. The number of amidine groups is 2. The van der Waals surface area contributed by atoms with E-state index >= 15 is 0 Å². The summed E-state index contributed by atoms with van der Waals surface area (Å²) in [5, 5.41) is 4.80. The third kappa shape index (κ3) is 4.87. The molecule has 32 heavy (non-hydrogen) atoms. The van der Waals surface area contributed by atoms with E-state index in [0.717, 1.165) is 19.3 Å². The van der Waals surface area contributed by atoms with Crippen LogP contribution in [0.5, 0.6) is 11.5 Å². The first-order chi connectivity index (χ1) is 16.9. The van der Waals surface area contributed by atoms with E-state index in [0.29, 0.717) is 47.6 Å². The molecule has 1 saturated heterocycles. The number of aliphatic hydroxyl groups excluding tert-OH is 1. The molecular weight excluding hydrogens is 410 g/mol. The lowest BCUT2D eigenvalue weighted by molar-refractivity contribution is -0.0574. The van der Waals surface area contributed by atoms with Crippen molar-refractivity contribution in [3.63, 3.8) is 0 Å². The summed E-state index contributed by atoms with van der Waals surface area (Å²) < 4.78 is 44.9. The zero-order valence-corrected chi connectivity index (χ0v) is 18.5. The molecule has 3 aliphatic rings. The van der Waals surface area contributed by atoms with Crippen LogP contribution in [-0.2, 0) is 9.47 Å². The van der Waals surface area contributed by atoms with E-state index in [1.54, 1.807) is 6.20 Å². The molecule has 4 rings (SSSR count). The number of methoxy groups -OCH3 is 1. The maximum atomic E-state index is 7.36. The molecule has 4 atom stereocenters. The van der Waals surface area contributed by atoms with Crippen molar-refractivity contribution < 1.29 is 26.8 Å². The normalized spacial score (nSPS) is 26.3. The van der Waals surface area contributed by atoms with Crippen LogP contribution in [0.3, 0.4) is 0 Å². The number of rotatable bonds is 10. The van der Waals surface area contributed by atoms with E-state index < -0.39 is 25.5 Å². The number of fused-ring (bicyclic) bond motifs is 2. The molecule has 8 heteroatoms. The van der Waals surface area contributed by atoms with E-state index in [4.69, 9.17) is 33.2 Å². The number of para-hydroxylation sites is 1. The number of hydrogen-bond donors (Lipinski definition) is 1. The number of allylic oxidation sites excluding steroid dienone is 1. The third-order valence-corrected chi connectivity index (χ3v) is 5.52. The summed E-state index contributed by atoms with van der Waals surface area (Å²) in [4.78, 5) is 11.2. The number of aliphatic imine (C=N–C) groups is 2. The quantitative estimate of drug-likeness (QED) is 0.433. The minimum atomic E-state index is -1.43. The fraction of sp³-hybridized carbons (Fsp3) is 0.500. The Morgan fingerprint density at radius 1 is 1.47 bits per heavy atom. The van der Waals surface area contributed by atoms with Gasteiger partial charge in [-0.2, -0.15) is 0 Å². The molecule has 1 N–H and O–H groups in total. The van der Waals surface area contributed by atoms with Crippen molar-refractivity contribution in [2.45, 2.75) is 58.0 Å². The SMILES string of the molecule is [2H]C([3H])OC[C@H]1O[C@@H](N2C=C3Oc4cccc(OCCCCC(=C)C)c4N=C3N=C2C)C[C@H]1O[3H]. The molecule has 8 nitrogen and oxygen atoms in total. The van der Waals surface area contributed by atoms with Gasteiger partial charge >= 0.3 is 0 Å². The van der Waals surface area contributed by atoms with Gasteiger partial charge in [-0.25, -0.2) is 9.98 Å². The Bertz CT molecular complexity index is 1030. The van der Waals surface area contributed by atoms with Crippen molar-refractivity contribution in [1.29, 1.82) is 1.43 Å². The third-order valence-electron chi connectivity index (χ3n) is 5.52. The van der Waals surface area contributed by atoms with Crippen LogP contribution in [0.15, 0.2) is 52.3 Å². The molecule has 0 amide bonds. The van der Waals surface area contributed by atoms with Gasteiger partial charge in [-0.05, 0) is 45.2 Å². The molecule has 0 saturated carbocycles. The van der Waals surface area contributed by atoms with Gasteiger partial charge in [0.05, 0.1) is 28.3 Å². The zero-order valence-electron chi connectivity index (χ0n) is 21.5. The second-order valence-electron chi connectivity index (χ2n) is 8.20. The van der Waals surface area contributed by atoms with Gasteiger partial charge in [-0.1, -0.05) is 11.6 Å². The molecule has 1 fully saturated rings. The molecular formula is C24H31N3O5. The van der Waals surface area contributed by atoms with Gasteiger partial charge in [0.25, 0.3) is 0 Å². The van der Waals surface area contributed by atoms with E-state index in [1.165, 1.54) is 5.57 Å². The van der Waals surface area contributed by atoms with Crippen LogP contribution < -0.4 is 9.47 Å². The van der Waals surface area contributed by atoms with Crippen LogP contribution >= 0.6 is 0 Å². The molecule has 1 aromatic carbocycles. The molecule has 0 radical (unpaired) electrons. The summed E-state index contributed by atoms with van der Waals surface area (Å²) in [5.41, 5.74) is 1.78. The Hall–Kier alpha value is -2.68. The summed E-state index contributed by atoms with van der Waals surface area (Å²) in [7, 11) is -1.43. The van der Waals surface area contributed by atoms with Gasteiger partial charge in [-0.3, -0.25) is 0 Å². The first-order valence-electron chi connectivity index (χ1n) is 12.4. The number of unbranched alkanes of at least 4 members (excludes halogenated alkanes) is 1. The average molecular weight is 447 g/mol. The number of hydrogen-bond acceptors (Lipinski definition) is 8. The molecule has 3 aliphatic heterocycles. The fourth-order valence-electron chi connectivity index (χ4n) is 3.85. The molecule has 1 unspecified atom stereocenters. The molecule has 0 bridgehead atoms. The van der Waals surface area contributed by atoms with Gasteiger partial charge < -0.3 is 29.0 Å². The highest BCUT2D eigenvalue weighted by atomic mass is 16.6. The largest absolute Gasteiger partial charge is 0.491 e. The zero-order chi connectivity index (χ0) is 24.9. The standard InChI is InChI=1S/C24H31N3O5/c1-15(2)8-5-6-11-30-18-9-7-10-19-23(18)26-24-20(31-19)13-27(16(3)25-24)22-12-17(28)21(32-22)14-29-4/h7,9-10,13,17,21-22,28H,1,5-6,8,11-12,14H2,2-4H3/t17-,21-,22-/m1/s1/i4TD,28T/t4?,17-,21-,22-. The van der Waals surface area contributed by atoms with Crippen LogP contribution in [-0.4, -0.2) is 61.8 Å². The summed E-state index contributed by atoms with van der Waals surface area (Å²) in [6.07, 6.45) is 3.52. The Morgan fingerprint density at radius 2 is 2.38 bits per heavy atom. The molecule has 0 aliphatic carbocycles. The van der Waals surface area contributed by atoms with E-state index in [9.17, 15) is 0 Å². The minimum absolute atomic E-state index is 0.00906. The van der Waals surface area contributed by atoms with Crippen LogP contribution in [0.4, 0.5) is 5.69 Å². The van der Waals surface area contributed by atoms with Crippen LogP contribution in [0.2, 0.25) is 0 Å². The van der Waals surface area contributed by atoms with Crippen LogP contribution in [0.1, 0.15) is 42.3 Å². The average Bonchev–Trinajstić information content (AvgIpc) is 3.24. The molecule has 1 aromatic rings. The lowest BCUT2D eigenvalue weighted by atomic mass is 10.1. The monoisotopic (exact) mass is 446 g/mol. The van der Waals surface area contributed by atoms with E-state index in [1.807, 2.05) is 36.9 Å². The van der Waals surface area contributed by atoms with Crippen molar-refractivity contribution in [3.05, 3.63) is 42.3 Å². The second-order valence-corrected chi connectivity index (χ2v) is 8.20. The number of ether oxygens (including phenoxy) is 4. The molecule has 0 aromatic heterocycles.